The molecule has 20 heavy (non-hydrogen) atoms. The highest BCUT2D eigenvalue weighted by atomic mass is 35.5. The maximum Gasteiger partial charge on any atom is 0.250 e. The van der Waals surface area contributed by atoms with E-state index in [9.17, 15) is 4.79 Å². The van der Waals surface area contributed by atoms with Gasteiger partial charge in [0.15, 0.2) is 0 Å². The van der Waals surface area contributed by atoms with Crippen LogP contribution < -0.4 is 10.1 Å². The van der Waals surface area contributed by atoms with Gasteiger partial charge in [0.25, 0.3) is 5.91 Å². The number of fused-ring (bicyclic) bond motifs is 1. The molecule has 2 heterocycles. The Labute approximate surface area is 121 Å². The highest BCUT2D eigenvalue weighted by molar-refractivity contribution is 6.30. The quantitative estimate of drug-likeness (QED) is 0.912. The zero-order valence-electron chi connectivity index (χ0n) is 10.7. The Kier molecular flexibility index (Phi) is 3.48. The molecule has 2 aromatic rings. The number of carbonyl (C=O) groups excluding carboxylic acids is 1. The highest BCUT2D eigenvalue weighted by Crippen LogP contribution is 2.28. The fourth-order valence-electron chi connectivity index (χ4n) is 2.04. The molecule has 5 heteroatoms. The molecule has 4 nitrogen and oxygen atoms in total. The molecule has 0 radical (unpaired) electrons. The van der Waals surface area contributed by atoms with E-state index in [0.29, 0.717) is 17.1 Å². The number of nitrogens with one attached hydrogen (secondary N) is 2. The van der Waals surface area contributed by atoms with Crippen LogP contribution in [0.4, 0.5) is 0 Å². The minimum atomic E-state index is -0.128. The van der Waals surface area contributed by atoms with E-state index in [1.807, 2.05) is 30.6 Å². The molecule has 1 amide bonds. The molecule has 0 bridgehead atoms. The lowest BCUT2D eigenvalue weighted by atomic mass is 10.1. The number of rotatable bonds is 3. The van der Waals surface area contributed by atoms with Crippen molar-refractivity contribution in [3.8, 4) is 5.75 Å². The van der Waals surface area contributed by atoms with Gasteiger partial charge in [0.2, 0.25) is 0 Å². The number of ether oxygens (including phenoxy) is 1. The summed E-state index contributed by atoms with van der Waals surface area (Å²) in [7, 11) is 0. The summed E-state index contributed by atoms with van der Waals surface area (Å²) in [6.45, 7) is 0.760. The van der Waals surface area contributed by atoms with Crippen molar-refractivity contribution in [3.05, 3.63) is 58.4 Å². The van der Waals surface area contributed by atoms with E-state index in [4.69, 9.17) is 16.3 Å². The van der Waals surface area contributed by atoms with Crippen molar-refractivity contribution < 1.29 is 9.53 Å². The molecule has 0 saturated carbocycles. The lowest BCUT2D eigenvalue weighted by Gasteiger charge is -2.17. The third kappa shape index (κ3) is 2.70. The number of halogens is 1. The summed E-state index contributed by atoms with van der Waals surface area (Å²) in [6, 6.07) is 7.28. The van der Waals surface area contributed by atoms with Crippen molar-refractivity contribution in [1.29, 1.82) is 0 Å². The molecule has 0 aliphatic carbocycles. The topological polar surface area (TPSA) is 54.1 Å². The molecular formula is C15H13ClN2O2. The first-order chi connectivity index (χ1) is 9.72. The van der Waals surface area contributed by atoms with Gasteiger partial charge in [-0.15, -0.1) is 0 Å². The monoisotopic (exact) mass is 288 g/mol. The highest BCUT2D eigenvalue weighted by Gasteiger charge is 2.17. The zero-order valence-corrected chi connectivity index (χ0v) is 11.4. The fourth-order valence-corrected chi connectivity index (χ4v) is 2.22. The van der Waals surface area contributed by atoms with Gasteiger partial charge < -0.3 is 15.0 Å². The van der Waals surface area contributed by atoms with Crippen molar-refractivity contribution in [1.82, 2.24) is 10.3 Å². The van der Waals surface area contributed by atoms with E-state index in [1.54, 1.807) is 12.1 Å². The maximum atomic E-state index is 12.1. The normalized spacial score (nSPS) is 13.2. The Morgan fingerprint density at radius 3 is 3.10 bits per heavy atom. The van der Waals surface area contributed by atoms with E-state index in [1.165, 1.54) is 0 Å². The van der Waals surface area contributed by atoms with Crippen LogP contribution in [0.1, 0.15) is 11.1 Å². The molecular weight excluding hydrogens is 276 g/mol. The molecule has 1 aromatic heterocycles. The first kappa shape index (κ1) is 12.8. The number of hydrogen-bond acceptors (Lipinski definition) is 2. The van der Waals surface area contributed by atoms with Gasteiger partial charge in [0.1, 0.15) is 12.4 Å². The van der Waals surface area contributed by atoms with Gasteiger partial charge in [-0.1, -0.05) is 11.6 Å². The molecule has 102 valence electrons. The smallest absolute Gasteiger partial charge is 0.250 e. The van der Waals surface area contributed by atoms with Crippen LogP contribution in [0.15, 0.2) is 42.2 Å². The number of H-pyrrole nitrogens is 1. The van der Waals surface area contributed by atoms with Crippen molar-refractivity contribution in [2.45, 2.75) is 6.54 Å². The van der Waals surface area contributed by atoms with E-state index in [2.05, 4.69) is 10.3 Å². The summed E-state index contributed by atoms with van der Waals surface area (Å²) < 4.78 is 5.56. The summed E-state index contributed by atoms with van der Waals surface area (Å²) in [4.78, 5) is 15.0. The van der Waals surface area contributed by atoms with Gasteiger partial charge in [0.05, 0.1) is 5.57 Å². The largest absolute Gasteiger partial charge is 0.488 e. The van der Waals surface area contributed by atoms with Gasteiger partial charge in [-0.05, 0) is 35.9 Å². The van der Waals surface area contributed by atoms with Crippen LogP contribution in [0.5, 0.6) is 5.75 Å². The van der Waals surface area contributed by atoms with Crippen molar-refractivity contribution in [2.75, 3.05) is 6.61 Å². The van der Waals surface area contributed by atoms with Crippen LogP contribution in [0.3, 0.4) is 0 Å². The lowest BCUT2D eigenvalue weighted by Crippen LogP contribution is -2.28. The lowest BCUT2D eigenvalue weighted by molar-refractivity contribution is -0.117. The van der Waals surface area contributed by atoms with E-state index in [-0.39, 0.29) is 12.5 Å². The van der Waals surface area contributed by atoms with Crippen LogP contribution in [0, 0.1) is 0 Å². The van der Waals surface area contributed by atoms with Gasteiger partial charge >= 0.3 is 0 Å². The van der Waals surface area contributed by atoms with Crippen molar-refractivity contribution in [2.24, 2.45) is 0 Å². The molecule has 3 rings (SSSR count). The van der Waals surface area contributed by atoms with Crippen LogP contribution in [0.2, 0.25) is 5.02 Å². The van der Waals surface area contributed by atoms with Crippen molar-refractivity contribution >= 4 is 23.6 Å². The van der Waals surface area contributed by atoms with Crippen molar-refractivity contribution in [3.63, 3.8) is 0 Å². The first-order valence-electron chi connectivity index (χ1n) is 6.25. The number of aromatic amines is 1. The molecule has 0 unspecified atom stereocenters. The summed E-state index contributed by atoms with van der Waals surface area (Å²) in [6.07, 6.45) is 5.49. The number of benzene rings is 1. The van der Waals surface area contributed by atoms with Gasteiger partial charge in [-0.25, -0.2) is 0 Å². The van der Waals surface area contributed by atoms with Gasteiger partial charge in [0, 0.05) is 29.5 Å². The predicted octanol–water partition coefficient (Wildman–Crippen LogP) is 2.76. The predicted molar refractivity (Wildman–Crippen MR) is 77.6 cm³/mol. The van der Waals surface area contributed by atoms with E-state index in [0.717, 1.165) is 16.9 Å². The Hall–Kier alpha value is -2.20. The third-order valence-electron chi connectivity index (χ3n) is 3.09. The second kappa shape index (κ2) is 5.43. The standard InChI is InChI=1S/C15H13ClN2O2/c16-13-1-2-14-11(6-13)5-12(9-20-14)15(19)18-8-10-3-4-17-7-10/h1-7,17H,8-9H2,(H,18,19). The minimum absolute atomic E-state index is 0.128. The molecule has 1 aliphatic heterocycles. The van der Waals surface area contributed by atoms with Gasteiger partial charge in [-0.3, -0.25) is 4.79 Å². The number of amides is 1. The fraction of sp³-hybridized carbons (Fsp3) is 0.133. The van der Waals surface area contributed by atoms with E-state index >= 15 is 0 Å². The average molecular weight is 289 g/mol. The van der Waals surface area contributed by atoms with Crippen LogP contribution in [0.25, 0.3) is 6.08 Å². The molecule has 0 saturated heterocycles. The molecule has 2 N–H and O–H groups in total. The SMILES string of the molecule is O=C(NCc1cc[nH]c1)C1=Cc2cc(Cl)ccc2OC1. The zero-order chi connectivity index (χ0) is 13.9. The van der Waals surface area contributed by atoms with Crippen LogP contribution >= 0.6 is 11.6 Å². The minimum Gasteiger partial charge on any atom is -0.488 e. The number of carbonyl (C=O) groups is 1. The first-order valence-corrected chi connectivity index (χ1v) is 6.63. The Bertz CT molecular complexity index is 663. The number of hydrogen-bond donors (Lipinski definition) is 2. The summed E-state index contributed by atoms with van der Waals surface area (Å²) in [5.74, 6) is 0.619. The molecule has 1 aliphatic rings. The van der Waals surface area contributed by atoms with Gasteiger partial charge in [-0.2, -0.15) is 0 Å². The Balaban J connectivity index is 1.72. The van der Waals surface area contributed by atoms with Crippen LogP contribution in [-0.4, -0.2) is 17.5 Å². The molecule has 0 spiro atoms. The third-order valence-corrected chi connectivity index (χ3v) is 3.33. The molecule has 1 aromatic carbocycles. The average Bonchev–Trinajstić information content (AvgIpc) is 2.97. The second-order valence-corrected chi connectivity index (χ2v) is 4.98. The Morgan fingerprint density at radius 1 is 1.40 bits per heavy atom. The van der Waals surface area contributed by atoms with E-state index < -0.39 is 0 Å². The second-order valence-electron chi connectivity index (χ2n) is 4.54. The molecule has 0 atom stereocenters. The summed E-state index contributed by atoms with van der Waals surface area (Å²) in [5.41, 5.74) is 2.45. The summed E-state index contributed by atoms with van der Waals surface area (Å²) in [5, 5.41) is 3.48. The van der Waals surface area contributed by atoms with Crippen LogP contribution in [-0.2, 0) is 11.3 Å². The number of aromatic nitrogens is 1. The summed E-state index contributed by atoms with van der Waals surface area (Å²) >= 11 is 5.94. The maximum absolute atomic E-state index is 12.1. The molecule has 0 fully saturated rings. The Morgan fingerprint density at radius 2 is 2.30 bits per heavy atom.